The summed E-state index contributed by atoms with van der Waals surface area (Å²) in [5.41, 5.74) is 1.37. The number of nitrogens with one attached hydrogen (secondary N) is 2. The molecule has 0 spiro atoms. The Morgan fingerprint density at radius 1 is 1.10 bits per heavy atom. The van der Waals surface area contributed by atoms with Crippen molar-refractivity contribution in [3.63, 3.8) is 0 Å². The van der Waals surface area contributed by atoms with E-state index in [0.717, 1.165) is 24.8 Å². The van der Waals surface area contributed by atoms with E-state index in [-0.39, 0.29) is 11.5 Å². The SMILES string of the molecule is COc1cc(C)ccc1OCC(=O)Nc1cccc(S(=O)(=O)NC2=NCCCCC2)c1. The molecule has 0 saturated heterocycles. The third-order valence-corrected chi connectivity index (χ3v) is 6.11. The molecule has 1 aliphatic rings. The molecule has 0 radical (unpaired) electrons. The zero-order valence-electron chi connectivity index (χ0n) is 17.7. The molecule has 166 valence electrons. The Labute approximate surface area is 182 Å². The van der Waals surface area contributed by atoms with Crippen LogP contribution in [0.15, 0.2) is 52.4 Å². The number of sulfonamides is 1. The number of carbonyl (C=O) groups excluding carboxylic acids is 1. The lowest BCUT2D eigenvalue weighted by Gasteiger charge is -2.13. The molecule has 1 aliphatic heterocycles. The first-order valence-electron chi connectivity index (χ1n) is 10.1. The first-order chi connectivity index (χ1) is 14.9. The molecule has 0 unspecified atom stereocenters. The molecule has 0 aliphatic carbocycles. The molecule has 0 fully saturated rings. The van der Waals surface area contributed by atoms with Gasteiger partial charge in [0.25, 0.3) is 15.9 Å². The summed E-state index contributed by atoms with van der Waals surface area (Å²) in [6.45, 7) is 2.31. The van der Waals surface area contributed by atoms with Gasteiger partial charge in [0, 0.05) is 18.7 Å². The van der Waals surface area contributed by atoms with Crippen LogP contribution in [0.5, 0.6) is 11.5 Å². The Morgan fingerprint density at radius 3 is 2.74 bits per heavy atom. The minimum absolute atomic E-state index is 0.0540. The van der Waals surface area contributed by atoms with Gasteiger partial charge >= 0.3 is 0 Å². The molecule has 2 aromatic carbocycles. The predicted octanol–water partition coefficient (Wildman–Crippen LogP) is 3.27. The van der Waals surface area contributed by atoms with Crippen molar-refractivity contribution in [2.24, 2.45) is 4.99 Å². The molecule has 0 atom stereocenters. The predicted molar refractivity (Wildman–Crippen MR) is 119 cm³/mol. The van der Waals surface area contributed by atoms with Crippen molar-refractivity contribution >= 4 is 27.5 Å². The maximum atomic E-state index is 12.7. The van der Waals surface area contributed by atoms with Crippen molar-refractivity contribution in [3.05, 3.63) is 48.0 Å². The second-order valence-electron chi connectivity index (χ2n) is 7.26. The molecular formula is C22H27N3O5S. The summed E-state index contributed by atoms with van der Waals surface area (Å²) < 4.78 is 38.8. The molecular weight excluding hydrogens is 418 g/mol. The number of amides is 1. The standard InChI is InChI=1S/C22H27N3O5S/c1-16-10-11-19(20(13-16)29-2)30-15-22(26)24-17-7-6-8-18(14-17)31(27,28)25-21-9-4-3-5-12-23-21/h6-8,10-11,13-14H,3-5,9,12,15H2,1-2H3,(H,23,25)(H,24,26). The maximum absolute atomic E-state index is 12.7. The summed E-state index contributed by atoms with van der Waals surface area (Å²) in [5.74, 6) is 1.05. The first kappa shape index (κ1) is 22.6. The van der Waals surface area contributed by atoms with E-state index in [9.17, 15) is 13.2 Å². The van der Waals surface area contributed by atoms with Gasteiger partial charge in [-0.05, 0) is 55.7 Å². The Kier molecular flexibility index (Phi) is 7.51. The fraction of sp³-hybridized carbons (Fsp3) is 0.364. The second-order valence-corrected chi connectivity index (χ2v) is 8.95. The highest BCUT2D eigenvalue weighted by Gasteiger charge is 2.18. The number of nitrogens with zero attached hydrogens (tertiary/aromatic N) is 1. The first-order valence-corrected chi connectivity index (χ1v) is 11.6. The van der Waals surface area contributed by atoms with Gasteiger partial charge in [0.1, 0.15) is 5.84 Å². The van der Waals surface area contributed by atoms with E-state index in [0.29, 0.717) is 36.0 Å². The monoisotopic (exact) mass is 445 g/mol. The number of aliphatic imine (C=N–C) groups is 1. The molecule has 31 heavy (non-hydrogen) atoms. The van der Waals surface area contributed by atoms with E-state index in [4.69, 9.17) is 9.47 Å². The zero-order chi connectivity index (χ0) is 22.3. The van der Waals surface area contributed by atoms with Crippen LogP contribution in [-0.4, -0.2) is 40.4 Å². The molecule has 3 rings (SSSR count). The number of ether oxygens (including phenoxy) is 2. The van der Waals surface area contributed by atoms with Gasteiger partial charge in [0.15, 0.2) is 18.1 Å². The van der Waals surface area contributed by atoms with Crippen molar-refractivity contribution < 1.29 is 22.7 Å². The summed E-state index contributed by atoms with van der Waals surface area (Å²) in [6.07, 6.45) is 3.51. The van der Waals surface area contributed by atoms with E-state index in [1.54, 1.807) is 18.2 Å². The Hall–Kier alpha value is -3.07. The minimum atomic E-state index is -3.78. The molecule has 1 heterocycles. The summed E-state index contributed by atoms with van der Waals surface area (Å²) in [5, 5.41) is 2.66. The number of benzene rings is 2. The van der Waals surface area contributed by atoms with E-state index in [2.05, 4.69) is 15.0 Å². The van der Waals surface area contributed by atoms with Gasteiger partial charge in [0.2, 0.25) is 0 Å². The summed E-state index contributed by atoms with van der Waals surface area (Å²) in [4.78, 5) is 16.7. The fourth-order valence-corrected chi connectivity index (χ4v) is 4.28. The average Bonchev–Trinajstić information content (AvgIpc) is 3.01. The van der Waals surface area contributed by atoms with Crippen molar-refractivity contribution in [1.82, 2.24) is 4.72 Å². The van der Waals surface area contributed by atoms with Gasteiger partial charge in [0.05, 0.1) is 12.0 Å². The zero-order valence-corrected chi connectivity index (χ0v) is 18.5. The number of hydrogen-bond donors (Lipinski definition) is 2. The van der Waals surface area contributed by atoms with Crippen LogP contribution in [0.1, 0.15) is 31.2 Å². The number of methoxy groups -OCH3 is 1. The van der Waals surface area contributed by atoms with Crippen molar-refractivity contribution in [1.29, 1.82) is 0 Å². The van der Waals surface area contributed by atoms with Crippen LogP contribution in [0.4, 0.5) is 5.69 Å². The summed E-state index contributed by atoms with van der Waals surface area (Å²) in [7, 11) is -2.25. The molecule has 1 amide bonds. The third kappa shape index (κ3) is 6.45. The van der Waals surface area contributed by atoms with Crippen LogP contribution in [-0.2, 0) is 14.8 Å². The molecule has 9 heteroatoms. The summed E-state index contributed by atoms with van der Waals surface area (Å²) >= 11 is 0. The molecule has 2 aromatic rings. The van der Waals surface area contributed by atoms with E-state index >= 15 is 0 Å². The Bertz CT molecular complexity index is 1070. The van der Waals surface area contributed by atoms with Gasteiger partial charge in [-0.25, -0.2) is 8.42 Å². The van der Waals surface area contributed by atoms with Crippen molar-refractivity contribution in [3.8, 4) is 11.5 Å². The second kappa shape index (κ2) is 10.3. The molecule has 0 saturated carbocycles. The van der Waals surface area contributed by atoms with Crippen LogP contribution in [0.3, 0.4) is 0 Å². The van der Waals surface area contributed by atoms with Crippen LogP contribution in [0.2, 0.25) is 0 Å². The molecule has 0 aromatic heterocycles. The van der Waals surface area contributed by atoms with Crippen LogP contribution >= 0.6 is 0 Å². The highest BCUT2D eigenvalue weighted by molar-refractivity contribution is 7.90. The lowest BCUT2D eigenvalue weighted by Crippen LogP contribution is -2.30. The Balaban J connectivity index is 1.63. The minimum Gasteiger partial charge on any atom is -0.493 e. The lowest BCUT2D eigenvalue weighted by atomic mass is 10.2. The molecule has 2 N–H and O–H groups in total. The van der Waals surface area contributed by atoms with Crippen LogP contribution < -0.4 is 19.5 Å². The molecule has 8 nitrogen and oxygen atoms in total. The number of aryl methyl sites for hydroxylation is 1. The molecule has 0 bridgehead atoms. The number of rotatable bonds is 7. The highest BCUT2D eigenvalue weighted by atomic mass is 32.2. The summed E-state index contributed by atoms with van der Waals surface area (Å²) in [6, 6.07) is 11.5. The average molecular weight is 446 g/mol. The van der Waals surface area contributed by atoms with E-state index < -0.39 is 15.9 Å². The smallest absolute Gasteiger partial charge is 0.262 e. The van der Waals surface area contributed by atoms with Crippen molar-refractivity contribution in [2.45, 2.75) is 37.5 Å². The Morgan fingerprint density at radius 2 is 1.94 bits per heavy atom. The number of anilines is 1. The van der Waals surface area contributed by atoms with Gasteiger partial charge < -0.3 is 14.8 Å². The fourth-order valence-electron chi connectivity index (χ4n) is 3.15. The topological polar surface area (TPSA) is 106 Å². The number of amidine groups is 1. The van der Waals surface area contributed by atoms with Gasteiger partial charge in [-0.2, -0.15) is 0 Å². The highest BCUT2D eigenvalue weighted by Crippen LogP contribution is 2.27. The van der Waals surface area contributed by atoms with E-state index in [1.807, 2.05) is 19.1 Å². The maximum Gasteiger partial charge on any atom is 0.262 e. The van der Waals surface area contributed by atoms with Gasteiger partial charge in [-0.3, -0.25) is 14.5 Å². The van der Waals surface area contributed by atoms with Crippen molar-refractivity contribution in [2.75, 3.05) is 25.6 Å². The lowest BCUT2D eigenvalue weighted by molar-refractivity contribution is -0.118. The van der Waals surface area contributed by atoms with Crippen LogP contribution in [0, 0.1) is 6.92 Å². The van der Waals surface area contributed by atoms with Gasteiger partial charge in [-0.15, -0.1) is 0 Å². The van der Waals surface area contributed by atoms with Gasteiger partial charge in [-0.1, -0.05) is 18.6 Å². The van der Waals surface area contributed by atoms with Crippen LogP contribution in [0.25, 0.3) is 0 Å². The number of hydrogen-bond acceptors (Lipinski definition) is 6. The number of carbonyl (C=O) groups is 1. The normalized spacial score (nSPS) is 14.2. The largest absolute Gasteiger partial charge is 0.493 e. The quantitative estimate of drug-likeness (QED) is 0.680. The third-order valence-electron chi connectivity index (χ3n) is 4.73. The van der Waals surface area contributed by atoms with E-state index in [1.165, 1.54) is 19.2 Å².